The van der Waals surface area contributed by atoms with E-state index in [2.05, 4.69) is 37.3 Å². The van der Waals surface area contributed by atoms with Gasteiger partial charge in [-0.3, -0.25) is 0 Å². The van der Waals surface area contributed by atoms with E-state index in [1.807, 2.05) is 18.2 Å². The van der Waals surface area contributed by atoms with Gasteiger partial charge in [-0.05, 0) is 23.6 Å². The van der Waals surface area contributed by atoms with E-state index in [4.69, 9.17) is 9.47 Å². The molecule has 1 aliphatic rings. The summed E-state index contributed by atoms with van der Waals surface area (Å²) in [6.45, 7) is 3.59. The SMILES string of the molecule is Cc1cccc(CC2CO2)c1OCc1ccccc1. The van der Waals surface area contributed by atoms with E-state index < -0.39 is 0 Å². The van der Waals surface area contributed by atoms with E-state index in [9.17, 15) is 0 Å². The van der Waals surface area contributed by atoms with Gasteiger partial charge in [-0.25, -0.2) is 0 Å². The molecule has 0 radical (unpaired) electrons. The van der Waals surface area contributed by atoms with Crippen molar-refractivity contribution in [3.8, 4) is 5.75 Å². The molecule has 98 valence electrons. The Balaban J connectivity index is 1.75. The number of benzene rings is 2. The van der Waals surface area contributed by atoms with Crippen molar-refractivity contribution in [3.63, 3.8) is 0 Å². The second-order valence-corrected chi connectivity index (χ2v) is 5.00. The van der Waals surface area contributed by atoms with E-state index >= 15 is 0 Å². The topological polar surface area (TPSA) is 21.8 Å². The van der Waals surface area contributed by atoms with Crippen LogP contribution in [0.2, 0.25) is 0 Å². The second-order valence-electron chi connectivity index (χ2n) is 5.00. The van der Waals surface area contributed by atoms with Gasteiger partial charge in [0.2, 0.25) is 0 Å². The van der Waals surface area contributed by atoms with Crippen LogP contribution in [-0.4, -0.2) is 12.7 Å². The minimum Gasteiger partial charge on any atom is -0.488 e. The summed E-state index contributed by atoms with van der Waals surface area (Å²) in [5.41, 5.74) is 3.63. The minimum atomic E-state index is 0.390. The van der Waals surface area contributed by atoms with E-state index in [1.165, 1.54) is 16.7 Å². The zero-order valence-corrected chi connectivity index (χ0v) is 11.1. The van der Waals surface area contributed by atoms with Crippen LogP contribution in [0, 0.1) is 6.92 Å². The van der Waals surface area contributed by atoms with Gasteiger partial charge >= 0.3 is 0 Å². The normalized spacial score (nSPS) is 17.2. The second kappa shape index (κ2) is 5.45. The molecule has 1 heterocycles. The van der Waals surface area contributed by atoms with Crippen molar-refractivity contribution in [3.05, 3.63) is 65.2 Å². The standard InChI is InChI=1S/C17H18O2/c1-13-6-5-9-15(10-16-12-18-16)17(13)19-11-14-7-3-2-4-8-14/h2-9,16H,10-12H2,1H3. The average molecular weight is 254 g/mol. The molecule has 2 heteroatoms. The highest BCUT2D eigenvalue weighted by Gasteiger charge is 2.24. The molecule has 1 saturated heterocycles. The number of hydrogen-bond acceptors (Lipinski definition) is 2. The van der Waals surface area contributed by atoms with E-state index in [-0.39, 0.29) is 0 Å². The van der Waals surface area contributed by atoms with Crippen LogP contribution in [0.25, 0.3) is 0 Å². The first-order valence-electron chi connectivity index (χ1n) is 6.70. The van der Waals surface area contributed by atoms with E-state index in [1.54, 1.807) is 0 Å². The third-order valence-corrected chi connectivity index (χ3v) is 3.37. The monoisotopic (exact) mass is 254 g/mol. The molecule has 1 atom stereocenters. The van der Waals surface area contributed by atoms with Gasteiger partial charge in [-0.2, -0.15) is 0 Å². The Morgan fingerprint density at radius 1 is 1.11 bits per heavy atom. The van der Waals surface area contributed by atoms with Crippen LogP contribution in [0.5, 0.6) is 5.75 Å². The predicted molar refractivity (Wildman–Crippen MR) is 75.4 cm³/mol. The first-order valence-corrected chi connectivity index (χ1v) is 6.70. The molecule has 0 bridgehead atoms. The summed E-state index contributed by atoms with van der Waals surface area (Å²) in [6.07, 6.45) is 1.34. The zero-order valence-electron chi connectivity index (χ0n) is 11.1. The third kappa shape index (κ3) is 3.15. The van der Waals surface area contributed by atoms with Gasteiger partial charge in [-0.15, -0.1) is 0 Å². The highest BCUT2D eigenvalue weighted by atomic mass is 16.6. The summed E-state index contributed by atoms with van der Waals surface area (Å²) >= 11 is 0. The van der Waals surface area contributed by atoms with Gasteiger partial charge in [0.05, 0.1) is 12.7 Å². The molecule has 2 aromatic rings. The molecule has 0 amide bonds. The molecule has 0 aliphatic carbocycles. The fraction of sp³-hybridized carbons (Fsp3) is 0.294. The zero-order chi connectivity index (χ0) is 13.1. The number of epoxide rings is 1. The Morgan fingerprint density at radius 3 is 2.63 bits per heavy atom. The molecule has 2 aromatic carbocycles. The van der Waals surface area contributed by atoms with Crippen LogP contribution in [-0.2, 0) is 17.8 Å². The minimum absolute atomic E-state index is 0.390. The summed E-state index contributed by atoms with van der Waals surface area (Å²) in [5.74, 6) is 1.02. The number of rotatable bonds is 5. The summed E-state index contributed by atoms with van der Waals surface area (Å²) < 4.78 is 11.3. The van der Waals surface area contributed by atoms with Crippen molar-refractivity contribution in [2.45, 2.75) is 26.1 Å². The van der Waals surface area contributed by atoms with Crippen LogP contribution in [0.3, 0.4) is 0 Å². The number of aryl methyl sites for hydroxylation is 1. The van der Waals surface area contributed by atoms with Crippen molar-refractivity contribution in [2.75, 3.05) is 6.61 Å². The molecule has 19 heavy (non-hydrogen) atoms. The molecular weight excluding hydrogens is 236 g/mol. The molecule has 1 aliphatic heterocycles. The Labute approximate surface area is 114 Å². The predicted octanol–water partition coefficient (Wildman–Crippen LogP) is 3.52. The molecule has 1 fully saturated rings. The largest absolute Gasteiger partial charge is 0.488 e. The van der Waals surface area contributed by atoms with Crippen molar-refractivity contribution >= 4 is 0 Å². The van der Waals surface area contributed by atoms with Crippen molar-refractivity contribution in [1.82, 2.24) is 0 Å². The quantitative estimate of drug-likeness (QED) is 0.761. The van der Waals surface area contributed by atoms with Gasteiger partial charge in [0.1, 0.15) is 12.4 Å². The van der Waals surface area contributed by atoms with Crippen LogP contribution in [0.4, 0.5) is 0 Å². The van der Waals surface area contributed by atoms with Gasteiger partial charge < -0.3 is 9.47 Å². The van der Waals surface area contributed by atoms with Crippen LogP contribution in [0.15, 0.2) is 48.5 Å². The molecule has 0 saturated carbocycles. The van der Waals surface area contributed by atoms with E-state index in [0.717, 1.165) is 18.8 Å². The molecule has 0 aromatic heterocycles. The Hall–Kier alpha value is -1.80. The fourth-order valence-corrected chi connectivity index (χ4v) is 2.24. The molecule has 0 N–H and O–H groups in total. The van der Waals surface area contributed by atoms with Crippen LogP contribution >= 0.6 is 0 Å². The van der Waals surface area contributed by atoms with Crippen LogP contribution in [0.1, 0.15) is 16.7 Å². The maximum atomic E-state index is 6.03. The Bertz CT molecular complexity index is 544. The lowest BCUT2D eigenvalue weighted by atomic mass is 10.1. The van der Waals surface area contributed by atoms with Gasteiger partial charge in [0.15, 0.2) is 0 Å². The van der Waals surface area contributed by atoms with Crippen molar-refractivity contribution in [1.29, 1.82) is 0 Å². The lowest BCUT2D eigenvalue weighted by molar-refractivity contribution is 0.299. The maximum Gasteiger partial charge on any atom is 0.126 e. The highest BCUT2D eigenvalue weighted by molar-refractivity contribution is 5.41. The first-order chi connectivity index (χ1) is 9.33. The lowest BCUT2D eigenvalue weighted by Gasteiger charge is -2.13. The van der Waals surface area contributed by atoms with Gasteiger partial charge in [-0.1, -0.05) is 48.5 Å². The van der Waals surface area contributed by atoms with Crippen molar-refractivity contribution in [2.24, 2.45) is 0 Å². The molecule has 2 nitrogen and oxygen atoms in total. The average Bonchev–Trinajstić information content (AvgIpc) is 3.23. The Kier molecular flexibility index (Phi) is 3.51. The number of para-hydroxylation sites is 1. The molecule has 1 unspecified atom stereocenters. The van der Waals surface area contributed by atoms with Crippen LogP contribution < -0.4 is 4.74 Å². The van der Waals surface area contributed by atoms with Gasteiger partial charge in [0, 0.05) is 6.42 Å². The van der Waals surface area contributed by atoms with E-state index in [0.29, 0.717) is 12.7 Å². The maximum absolute atomic E-state index is 6.03. The molecule has 0 spiro atoms. The van der Waals surface area contributed by atoms with Gasteiger partial charge in [0.25, 0.3) is 0 Å². The number of hydrogen-bond donors (Lipinski definition) is 0. The summed E-state index contributed by atoms with van der Waals surface area (Å²) in [5, 5.41) is 0. The fourth-order valence-electron chi connectivity index (χ4n) is 2.24. The summed E-state index contributed by atoms with van der Waals surface area (Å²) in [6, 6.07) is 16.6. The Morgan fingerprint density at radius 2 is 1.89 bits per heavy atom. The molecule has 3 rings (SSSR count). The summed E-state index contributed by atoms with van der Waals surface area (Å²) in [7, 11) is 0. The van der Waals surface area contributed by atoms with Crippen molar-refractivity contribution < 1.29 is 9.47 Å². The highest BCUT2D eigenvalue weighted by Crippen LogP contribution is 2.28. The third-order valence-electron chi connectivity index (χ3n) is 3.37. The smallest absolute Gasteiger partial charge is 0.126 e. The lowest BCUT2D eigenvalue weighted by Crippen LogP contribution is -2.02. The molecular formula is C17H18O2. The first kappa shape index (κ1) is 12.2. The number of ether oxygens (including phenoxy) is 2. The summed E-state index contributed by atoms with van der Waals surface area (Å²) in [4.78, 5) is 0.